The first-order valence-electron chi connectivity index (χ1n) is 5.82. The topological polar surface area (TPSA) is 34.2 Å². The van der Waals surface area contributed by atoms with Crippen molar-refractivity contribution in [1.29, 1.82) is 0 Å². The number of anilines is 1. The van der Waals surface area contributed by atoms with Gasteiger partial charge in [0.25, 0.3) is 0 Å². The lowest BCUT2D eigenvalue weighted by Gasteiger charge is -2.09. The molecule has 1 heterocycles. The smallest absolute Gasteiger partial charge is 0.147 e. The van der Waals surface area contributed by atoms with Crippen molar-refractivity contribution in [2.24, 2.45) is 0 Å². The number of ether oxygens (including phenoxy) is 1. The third-order valence-electron chi connectivity index (χ3n) is 2.41. The highest BCUT2D eigenvalue weighted by Crippen LogP contribution is 2.30. The first-order valence-corrected chi connectivity index (χ1v) is 6.61. The highest BCUT2D eigenvalue weighted by Gasteiger charge is 2.04. The van der Waals surface area contributed by atoms with Crippen molar-refractivity contribution in [1.82, 2.24) is 4.98 Å². The van der Waals surface area contributed by atoms with E-state index >= 15 is 0 Å². The second-order valence-corrected chi connectivity index (χ2v) is 4.83. The minimum absolute atomic E-state index is 0.720. The number of rotatable bonds is 4. The van der Waals surface area contributed by atoms with E-state index in [9.17, 15) is 0 Å². The highest BCUT2D eigenvalue weighted by molar-refractivity contribution is 9.10. The zero-order chi connectivity index (χ0) is 13.0. The van der Waals surface area contributed by atoms with Crippen molar-refractivity contribution in [3.05, 3.63) is 46.7 Å². The molecule has 0 saturated carbocycles. The van der Waals surface area contributed by atoms with E-state index < -0.39 is 0 Å². The Hall–Kier alpha value is -1.55. The molecule has 0 aliphatic rings. The molecule has 0 bridgehead atoms. The van der Waals surface area contributed by atoms with Gasteiger partial charge in [0.05, 0.1) is 22.6 Å². The molecule has 1 aromatic heterocycles. The third-order valence-corrected chi connectivity index (χ3v) is 3.03. The summed E-state index contributed by atoms with van der Waals surface area (Å²) in [6, 6.07) is 7.92. The Morgan fingerprint density at radius 3 is 2.83 bits per heavy atom. The Balaban J connectivity index is 2.20. The van der Waals surface area contributed by atoms with E-state index in [0.717, 1.165) is 28.2 Å². The van der Waals surface area contributed by atoms with Gasteiger partial charge in [-0.2, -0.15) is 0 Å². The number of halogens is 1. The molecule has 0 spiro atoms. The van der Waals surface area contributed by atoms with Gasteiger partial charge < -0.3 is 10.1 Å². The van der Waals surface area contributed by atoms with Gasteiger partial charge in [0.2, 0.25) is 0 Å². The molecule has 0 amide bonds. The minimum Gasteiger partial charge on any atom is -0.454 e. The van der Waals surface area contributed by atoms with Crippen molar-refractivity contribution < 1.29 is 4.74 Å². The van der Waals surface area contributed by atoms with Crippen LogP contribution >= 0.6 is 15.9 Å². The van der Waals surface area contributed by atoms with Crippen LogP contribution in [0, 0.1) is 6.92 Å². The summed E-state index contributed by atoms with van der Waals surface area (Å²) in [5.74, 6) is 1.51. The summed E-state index contributed by atoms with van der Waals surface area (Å²) in [6.07, 6.45) is 3.48. The molecule has 1 N–H and O–H groups in total. The lowest BCUT2D eigenvalue weighted by Crippen LogP contribution is -1.97. The molecule has 1 aromatic carbocycles. The van der Waals surface area contributed by atoms with Crippen LogP contribution in [0.15, 0.2) is 41.1 Å². The second-order valence-electron chi connectivity index (χ2n) is 3.98. The van der Waals surface area contributed by atoms with E-state index in [1.165, 1.54) is 5.56 Å². The number of hydrogen-bond donors (Lipinski definition) is 1. The van der Waals surface area contributed by atoms with Gasteiger partial charge >= 0.3 is 0 Å². The SMILES string of the molecule is CCNc1cncc(Oc2ccc(C)cc2Br)c1. The van der Waals surface area contributed by atoms with Gasteiger partial charge in [0, 0.05) is 12.6 Å². The monoisotopic (exact) mass is 306 g/mol. The quantitative estimate of drug-likeness (QED) is 0.910. The average Bonchev–Trinajstić information content (AvgIpc) is 2.34. The molecule has 0 saturated heterocycles. The van der Waals surface area contributed by atoms with Crippen LogP contribution < -0.4 is 10.1 Å². The largest absolute Gasteiger partial charge is 0.454 e. The molecule has 2 aromatic rings. The van der Waals surface area contributed by atoms with E-state index in [-0.39, 0.29) is 0 Å². The van der Waals surface area contributed by atoms with E-state index in [1.54, 1.807) is 12.4 Å². The van der Waals surface area contributed by atoms with Crippen LogP contribution in [0.4, 0.5) is 5.69 Å². The number of aryl methyl sites for hydroxylation is 1. The Bertz CT molecular complexity index is 543. The zero-order valence-electron chi connectivity index (χ0n) is 10.4. The number of nitrogens with one attached hydrogen (secondary N) is 1. The maximum atomic E-state index is 5.80. The summed E-state index contributed by atoms with van der Waals surface area (Å²) < 4.78 is 6.74. The Morgan fingerprint density at radius 2 is 2.11 bits per heavy atom. The fourth-order valence-electron chi connectivity index (χ4n) is 1.59. The number of aromatic nitrogens is 1. The second kappa shape index (κ2) is 5.87. The van der Waals surface area contributed by atoms with Gasteiger partial charge in [0.15, 0.2) is 0 Å². The number of benzene rings is 1. The summed E-state index contributed by atoms with van der Waals surface area (Å²) in [5.41, 5.74) is 2.15. The summed E-state index contributed by atoms with van der Waals surface area (Å²) in [7, 11) is 0. The van der Waals surface area contributed by atoms with Crippen LogP contribution in [0.1, 0.15) is 12.5 Å². The van der Waals surface area contributed by atoms with Crippen LogP contribution in [-0.2, 0) is 0 Å². The van der Waals surface area contributed by atoms with Crippen LogP contribution in [0.5, 0.6) is 11.5 Å². The first-order chi connectivity index (χ1) is 8.69. The molecule has 0 atom stereocenters. The fraction of sp³-hybridized carbons (Fsp3) is 0.214. The van der Waals surface area contributed by atoms with Crippen LogP contribution in [0.3, 0.4) is 0 Å². The molecule has 0 unspecified atom stereocenters. The van der Waals surface area contributed by atoms with Gasteiger partial charge in [-0.05, 0) is 47.5 Å². The minimum atomic E-state index is 0.720. The van der Waals surface area contributed by atoms with Gasteiger partial charge in [-0.3, -0.25) is 4.98 Å². The van der Waals surface area contributed by atoms with Gasteiger partial charge in [-0.25, -0.2) is 0 Å². The van der Waals surface area contributed by atoms with Gasteiger partial charge in [-0.1, -0.05) is 6.07 Å². The Morgan fingerprint density at radius 1 is 1.28 bits per heavy atom. The van der Waals surface area contributed by atoms with E-state index in [0.29, 0.717) is 0 Å². The molecular formula is C14H15BrN2O. The van der Waals surface area contributed by atoms with Crippen molar-refractivity contribution in [3.8, 4) is 11.5 Å². The molecule has 94 valence electrons. The standard InChI is InChI=1S/C14H15BrN2O/c1-3-17-11-7-12(9-16-8-11)18-14-5-4-10(2)6-13(14)15/h4-9,17H,3H2,1-2H3. The molecule has 0 aliphatic carbocycles. The summed E-state index contributed by atoms with van der Waals surface area (Å²) in [4.78, 5) is 4.14. The van der Waals surface area contributed by atoms with E-state index in [4.69, 9.17) is 4.74 Å². The normalized spacial score (nSPS) is 10.2. The maximum Gasteiger partial charge on any atom is 0.147 e. The van der Waals surface area contributed by atoms with Crippen LogP contribution in [0.25, 0.3) is 0 Å². The Labute approximate surface area is 115 Å². The van der Waals surface area contributed by atoms with Crippen LogP contribution in [-0.4, -0.2) is 11.5 Å². The van der Waals surface area contributed by atoms with Crippen molar-refractivity contribution in [2.45, 2.75) is 13.8 Å². The molecule has 0 aliphatic heterocycles. The summed E-state index contributed by atoms with van der Waals surface area (Å²) >= 11 is 3.49. The molecule has 0 fully saturated rings. The highest BCUT2D eigenvalue weighted by atomic mass is 79.9. The van der Waals surface area contributed by atoms with Crippen LogP contribution in [0.2, 0.25) is 0 Å². The molecule has 3 nitrogen and oxygen atoms in total. The van der Waals surface area contributed by atoms with Crippen molar-refractivity contribution in [3.63, 3.8) is 0 Å². The number of hydrogen-bond acceptors (Lipinski definition) is 3. The van der Waals surface area contributed by atoms with E-state index in [2.05, 4.69) is 26.2 Å². The number of pyridine rings is 1. The summed E-state index contributed by atoms with van der Waals surface area (Å²) in [6.45, 7) is 4.95. The van der Waals surface area contributed by atoms with Gasteiger partial charge in [0.1, 0.15) is 11.5 Å². The molecule has 0 radical (unpaired) electrons. The number of nitrogens with zero attached hydrogens (tertiary/aromatic N) is 1. The Kier molecular flexibility index (Phi) is 4.20. The molecule has 2 rings (SSSR count). The van der Waals surface area contributed by atoms with Gasteiger partial charge in [-0.15, -0.1) is 0 Å². The lowest BCUT2D eigenvalue weighted by molar-refractivity contribution is 0.477. The predicted octanol–water partition coefficient (Wildman–Crippen LogP) is 4.38. The maximum absolute atomic E-state index is 5.80. The fourth-order valence-corrected chi connectivity index (χ4v) is 2.17. The molecular weight excluding hydrogens is 292 g/mol. The van der Waals surface area contributed by atoms with Crippen molar-refractivity contribution in [2.75, 3.05) is 11.9 Å². The third kappa shape index (κ3) is 3.23. The van der Waals surface area contributed by atoms with E-state index in [1.807, 2.05) is 38.1 Å². The first kappa shape index (κ1) is 12.9. The van der Waals surface area contributed by atoms with Crippen molar-refractivity contribution >= 4 is 21.6 Å². The molecule has 4 heteroatoms. The summed E-state index contributed by atoms with van der Waals surface area (Å²) in [5, 5.41) is 3.20. The molecule has 18 heavy (non-hydrogen) atoms. The average molecular weight is 307 g/mol. The zero-order valence-corrected chi connectivity index (χ0v) is 12.0. The lowest BCUT2D eigenvalue weighted by atomic mass is 10.2. The predicted molar refractivity (Wildman–Crippen MR) is 77.4 cm³/mol.